The van der Waals surface area contributed by atoms with Crippen molar-refractivity contribution in [2.24, 2.45) is 0 Å². The average molecular weight is 251 g/mol. The minimum Gasteiger partial charge on any atom is -0.491 e. The molecule has 0 N–H and O–H groups in total. The van der Waals surface area contributed by atoms with Gasteiger partial charge in [-0.25, -0.2) is 0 Å². The maximum absolute atomic E-state index is 5.66. The van der Waals surface area contributed by atoms with Gasteiger partial charge >= 0.3 is 0 Å². The van der Waals surface area contributed by atoms with E-state index in [-0.39, 0.29) is 12.2 Å². The molecule has 0 saturated carbocycles. The third kappa shape index (κ3) is 6.62. The lowest BCUT2D eigenvalue weighted by atomic mass is 10.3. The van der Waals surface area contributed by atoms with Gasteiger partial charge in [0.1, 0.15) is 12.4 Å². The van der Waals surface area contributed by atoms with Gasteiger partial charge in [-0.1, -0.05) is 25.1 Å². The first-order valence-electron chi connectivity index (χ1n) is 6.41. The lowest BCUT2D eigenvalue weighted by Crippen LogP contribution is -2.24. The molecule has 0 aromatic heterocycles. The van der Waals surface area contributed by atoms with Crippen molar-refractivity contribution in [3.05, 3.63) is 36.8 Å². The quantitative estimate of drug-likeness (QED) is 0.675. The molecule has 3 heteroatoms. The van der Waals surface area contributed by atoms with Gasteiger partial charge in [-0.05, 0) is 32.4 Å². The standard InChI is InChI=1S/C15H23O3/c1-4-10-16-13(2)11-17-14(3)12-18-15-8-6-5-7-9-15/h4-9,13-14H,10-12H2,1-3H3. The molecule has 0 fully saturated rings. The van der Waals surface area contributed by atoms with Crippen LogP contribution in [-0.4, -0.2) is 32.0 Å². The summed E-state index contributed by atoms with van der Waals surface area (Å²) in [5.41, 5.74) is 0. The van der Waals surface area contributed by atoms with Crippen molar-refractivity contribution < 1.29 is 14.2 Å². The minimum atomic E-state index is 0.0573. The van der Waals surface area contributed by atoms with Crippen molar-refractivity contribution in [3.8, 4) is 5.75 Å². The number of hydrogen-bond donors (Lipinski definition) is 0. The fourth-order valence-electron chi connectivity index (χ4n) is 1.39. The highest BCUT2D eigenvalue weighted by molar-refractivity contribution is 5.20. The summed E-state index contributed by atoms with van der Waals surface area (Å²) in [4.78, 5) is 0. The van der Waals surface area contributed by atoms with Crippen LogP contribution in [0.15, 0.2) is 30.3 Å². The molecule has 1 rings (SSSR count). The van der Waals surface area contributed by atoms with Crippen LogP contribution in [0.4, 0.5) is 0 Å². The highest BCUT2D eigenvalue weighted by Crippen LogP contribution is 2.09. The summed E-state index contributed by atoms with van der Waals surface area (Å²) in [6.45, 7) is 7.79. The van der Waals surface area contributed by atoms with Crippen molar-refractivity contribution in [2.75, 3.05) is 19.8 Å². The molecule has 3 nitrogen and oxygen atoms in total. The average Bonchev–Trinajstić information content (AvgIpc) is 2.41. The van der Waals surface area contributed by atoms with Crippen LogP contribution in [0.3, 0.4) is 0 Å². The monoisotopic (exact) mass is 251 g/mol. The van der Waals surface area contributed by atoms with Crippen molar-refractivity contribution in [1.29, 1.82) is 0 Å². The maximum atomic E-state index is 5.66. The van der Waals surface area contributed by atoms with E-state index in [9.17, 15) is 0 Å². The Morgan fingerprint density at radius 2 is 1.67 bits per heavy atom. The van der Waals surface area contributed by atoms with E-state index in [1.807, 2.05) is 57.5 Å². The van der Waals surface area contributed by atoms with E-state index in [0.29, 0.717) is 19.8 Å². The second-order valence-corrected chi connectivity index (χ2v) is 4.32. The van der Waals surface area contributed by atoms with E-state index in [0.717, 1.165) is 5.75 Å². The van der Waals surface area contributed by atoms with Crippen molar-refractivity contribution in [1.82, 2.24) is 0 Å². The molecule has 2 atom stereocenters. The molecular formula is C15H23O3. The van der Waals surface area contributed by atoms with Crippen LogP contribution in [0, 0.1) is 6.42 Å². The Morgan fingerprint density at radius 3 is 2.33 bits per heavy atom. The summed E-state index contributed by atoms with van der Waals surface area (Å²) in [5.74, 6) is 0.873. The molecular weight excluding hydrogens is 228 g/mol. The van der Waals surface area contributed by atoms with Crippen LogP contribution in [0.2, 0.25) is 0 Å². The predicted molar refractivity (Wildman–Crippen MR) is 72.7 cm³/mol. The molecule has 18 heavy (non-hydrogen) atoms. The van der Waals surface area contributed by atoms with E-state index < -0.39 is 0 Å². The zero-order chi connectivity index (χ0) is 13.2. The van der Waals surface area contributed by atoms with Crippen molar-refractivity contribution in [3.63, 3.8) is 0 Å². The highest BCUT2D eigenvalue weighted by atomic mass is 16.6. The third-order valence-corrected chi connectivity index (χ3v) is 2.39. The molecule has 1 aromatic rings. The summed E-state index contributed by atoms with van der Waals surface area (Å²) >= 11 is 0. The number of benzene rings is 1. The largest absolute Gasteiger partial charge is 0.491 e. The van der Waals surface area contributed by atoms with Crippen LogP contribution < -0.4 is 4.74 Å². The van der Waals surface area contributed by atoms with Gasteiger partial charge in [0.25, 0.3) is 0 Å². The molecule has 0 amide bonds. The molecule has 101 valence electrons. The first kappa shape index (κ1) is 15.0. The van der Waals surface area contributed by atoms with Crippen molar-refractivity contribution in [2.45, 2.75) is 33.0 Å². The van der Waals surface area contributed by atoms with Gasteiger partial charge in [0.2, 0.25) is 0 Å². The zero-order valence-electron chi connectivity index (χ0n) is 11.5. The molecule has 0 aliphatic carbocycles. The molecule has 2 unspecified atom stereocenters. The van der Waals surface area contributed by atoms with Crippen LogP contribution in [0.1, 0.15) is 20.8 Å². The Balaban J connectivity index is 2.12. The Labute approximate surface area is 110 Å². The molecule has 0 aliphatic heterocycles. The van der Waals surface area contributed by atoms with Gasteiger partial charge in [-0.2, -0.15) is 0 Å². The van der Waals surface area contributed by atoms with E-state index in [1.54, 1.807) is 0 Å². The maximum Gasteiger partial charge on any atom is 0.119 e. The van der Waals surface area contributed by atoms with Gasteiger partial charge < -0.3 is 14.2 Å². The Bertz CT molecular complexity index is 300. The minimum absolute atomic E-state index is 0.0573. The topological polar surface area (TPSA) is 27.7 Å². The van der Waals surface area contributed by atoms with E-state index in [4.69, 9.17) is 14.2 Å². The van der Waals surface area contributed by atoms with Gasteiger partial charge in [-0.3, -0.25) is 0 Å². The van der Waals surface area contributed by atoms with E-state index in [1.165, 1.54) is 0 Å². The SMILES string of the molecule is C[CH]COC(C)COC(C)COc1ccccc1. The Hall–Kier alpha value is -1.06. The lowest BCUT2D eigenvalue weighted by Gasteiger charge is -2.18. The summed E-state index contributed by atoms with van der Waals surface area (Å²) in [6.07, 6.45) is 2.15. The predicted octanol–water partition coefficient (Wildman–Crippen LogP) is 3.10. The summed E-state index contributed by atoms with van der Waals surface area (Å²) in [5, 5.41) is 0. The molecule has 0 bridgehead atoms. The fraction of sp³-hybridized carbons (Fsp3) is 0.533. The molecule has 0 spiro atoms. The smallest absolute Gasteiger partial charge is 0.119 e. The number of para-hydroxylation sites is 1. The molecule has 0 heterocycles. The van der Waals surface area contributed by atoms with Crippen LogP contribution in [0.5, 0.6) is 5.75 Å². The van der Waals surface area contributed by atoms with Gasteiger partial charge in [-0.15, -0.1) is 0 Å². The number of ether oxygens (including phenoxy) is 3. The Morgan fingerprint density at radius 1 is 1.00 bits per heavy atom. The van der Waals surface area contributed by atoms with Gasteiger partial charge in [0.15, 0.2) is 0 Å². The molecule has 0 aliphatic rings. The van der Waals surface area contributed by atoms with E-state index in [2.05, 4.69) is 0 Å². The fourth-order valence-corrected chi connectivity index (χ4v) is 1.39. The summed E-state index contributed by atoms with van der Waals surface area (Å²) in [6, 6.07) is 9.76. The van der Waals surface area contributed by atoms with Gasteiger partial charge in [0, 0.05) is 6.61 Å². The first-order valence-corrected chi connectivity index (χ1v) is 6.41. The second kappa shape index (κ2) is 8.95. The second-order valence-electron chi connectivity index (χ2n) is 4.32. The zero-order valence-corrected chi connectivity index (χ0v) is 11.5. The van der Waals surface area contributed by atoms with E-state index >= 15 is 0 Å². The first-order chi connectivity index (χ1) is 8.72. The van der Waals surface area contributed by atoms with Gasteiger partial charge in [0.05, 0.1) is 18.8 Å². The highest BCUT2D eigenvalue weighted by Gasteiger charge is 2.07. The Kier molecular flexibility index (Phi) is 7.46. The normalized spacial score (nSPS) is 14.2. The van der Waals surface area contributed by atoms with Crippen LogP contribution >= 0.6 is 0 Å². The number of hydrogen-bond acceptors (Lipinski definition) is 3. The summed E-state index contributed by atoms with van der Waals surface area (Å²) < 4.78 is 16.8. The van der Waals surface area contributed by atoms with Crippen LogP contribution in [-0.2, 0) is 9.47 Å². The summed E-state index contributed by atoms with van der Waals surface area (Å²) in [7, 11) is 0. The van der Waals surface area contributed by atoms with Crippen molar-refractivity contribution >= 4 is 0 Å². The number of rotatable bonds is 9. The lowest BCUT2D eigenvalue weighted by molar-refractivity contribution is -0.0375. The third-order valence-electron chi connectivity index (χ3n) is 2.39. The van der Waals surface area contributed by atoms with Crippen LogP contribution in [0.25, 0.3) is 0 Å². The molecule has 1 radical (unpaired) electrons. The molecule has 0 saturated heterocycles. The molecule has 1 aromatic carbocycles.